The summed E-state index contributed by atoms with van der Waals surface area (Å²) in [6.07, 6.45) is 1.48. The third-order valence-electron chi connectivity index (χ3n) is 3.44. The molecule has 0 heterocycles. The summed E-state index contributed by atoms with van der Waals surface area (Å²) in [6.45, 7) is 3.78. The fourth-order valence-electron chi connectivity index (χ4n) is 2.27. The number of benzene rings is 2. The van der Waals surface area contributed by atoms with E-state index in [-0.39, 0.29) is 18.7 Å². The van der Waals surface area contributed by atoms with Crippen LogP contribution in [0.5, 0.6) is 0 Å². The monoisotopic (exact) mass is 344 g/mol. The molecule has 0 radical (unpaired) electrons. The van der Waals surface area contributed by atoms with E-state index in [1.54, 1.807) is 30.3 Å². The molecule has 6 heteroatoms. The normalized spacial score (nSPS) is 11.2. The van der Waals surface area contributed by atoms with Crippen LogP contribution in [0.4, 0.5) is 4.39 Å². The molecule has 0 aromatic heterocycles. The van der Waals surface area contributed by atoms with Crippen molar-refractivity contribution in [3.63, 3.8) is 0 Å². The minimum absolute atomic E-state index is 0.0956. The molecule has 24 heavy (non-hydrogen) atoms. The zero-order valence-electron chi connectivity index (χ0n) is 13.0. The second-order valence-electron chi connectivity index (χ2n) is 5.24. The van der Waals surface area contributed by atoms with Crippen molar-refractivity contribution in [2.45, 2.75) is 12.3 Å². The highest BCUT2D eigenvalue weighted by molar-refractivity contribution is 7.88. The molecule has 0 fully saturated rings. The van der Waals surface area contributed by atoms with Crippen molar-refractivity contribution in [2.75, 3.05) is 6.54 Å². The van der Waals surface area contributed by atoms with Crippen molar-refractivity contribution in [1.29, 1.82) is 5.26 Å². The fraction of sp³-hybridized carbons (Fsp3) is 0.167. The highest BCUT2D eigenvalue weighted by Crippen LogP contribution is 2.17. The Kier molecular flexibility index (Phi) is 5.85. The van der Waals surface area contributed by atoms with Crippen LogP contribution in [0.15, 0.2) is 61.2 Å². The first kappa shape index (κ1) is 17.9. The molecular formula is C18H17FN2O2S. The van der Waals surface area contributed by atoms with Crippen molar-refractivity contribution in [1.82, 2.24) is 4.31 Å². The van der Waals surface area contributed by atoms with Crippen LogP contribution >= 0.6 is 0 Å². The van der Waals surface area contributed by atoms with Crippen molar-refractivity contribution >= 4 is 10.0 Å². The molecule has 2 aromatic rings. The Hall–Kier alpha value is -2.49. The summed E-state index contributed by atoms with van der Waals surface area (Å²) in [4.78, 5) is 0. The molecule has 0 aliphatic heterocycles. The third-order valence-corrected chi connectivity index (χ3v) is 5.18. The number of sulfonamides is 1. The summed E-state index contributed by atoms with van der Waals surface area (Å²) in [5, 5.41) is 8.95. The van der Waals surface area contributed by atoms with E-state index in [9.17, 15) is 12.8 Å². The van der Waals surface area contributed by atoms with Crippen LogP contribution in [-0.2, 0) is 22.3 Å². The molecule has 4 nitrogen and oxygen atoms in total. The third kappa shape index (κ3) is 4.51. The number of nitrogens with zero attached hydrogens (tertiary/aromatic N) is 2. The van der Waals surface area contributed by atoms with Gasteiger partial charge in [-0.3, -0.25) is 0 Å². The van der Waals surface area contributed by atoms with Gasteiger partial charge in [-0.25, -0.2) is 12.8 Å². The molecule has 0 bridgehead atoms. The average molecular weight is 344 g/mol. The summed E-state index contributed by atoms with van der Waals surface area (Å²) in [7, 11) is -3.74. The summed E-state index contributed by atoms with van der Waals surface area (Å²) in [6, 6.07) is 14.5. The lowest BCUT2D eigenvalue weighted by atomic mass is 10.1. The lowest BCUT2D eigenvalue weighted by molar-refractivity contribution is 0.437. The van der Waals surface area contributed by atoms with Crippen LogP contribution in [0.2, 0.25) is 0 Å². The Labute approximate surface area is 141 Å². The zero-order valence-corrected chi connectivity index (χ0v) is 13.8. The van der Waals surface area contributed by atoms with Gasteiger partial charge in [-0.15, -0.1) is 6.58 Å². The highest BCUT2D eigenvalue weighted by atomic mass is 32.2. The summed E-state index contributed by atoms with van der Waals surface area (Å²) >= 11 is 0. The van der Waals surface area contributed by atoms with Gasteiger partial charge in [-0.05, 0) is 23.8 Å². The van der Waals surface area contributed by atoms with E-state index < -0.39 is 21.6 Å². The van der Waals surface area contributed by atoms with Gasteiger partial charge in [-0.1, -0.05) is 36.4 Å². The van der Waals surface area contributed by atoms with Crippen LogP contribution in [-0.4, -0.2) is 19.3 Å². The molecule has 0 aliphatic rings. The Balaban J connectivity index is 2.26. The van der Waals surface area contributed by atoms with Crippen molar-refractivity contribution in [2.24, 2.45) is 0 Å². The van der Waals surface area contributed by atoms with Crippen LogP contribution < -0.4 is 0 Å². The number of hydrogen-bond donors (Lipinski definition) is 0. The van der Waals surface area contributed by atoms with E-state index in [4.69, 9.17) is 5.26 Å². The molecule has 0 unspecified atom stereocenters. The lowest BCUT2D eigenvalue weighted by Crippen LogP contribution is -2.32. The van der Waals surface area contributed by atoms with E-state index in [1.165, 1.54) is 28.6 Å². The Morgan fingerprint density at radius 3 is 2.62 bits per heavy atom. The predicted molar refractivity (Wildman–Crippen MR) is 90.8 cm³/mol. The molecule has 0 aliphatic carbocycles. The maximum Gasteiger partial charge on any atom is 0.218 e. The van der Waals surface area contributed by atoms with Crippen LogP contribution in [0.3, 0.4) is 0 Å². The van der Waals surface area contributed by atoms with Gasteiger partial charge in [0.05, 0.1) is 17.4 Å². The molecule has 2 aromatic carbocycles. The van der Waals surface area contributed by atoms with Crippen molar-refractivity contribution < 1.29 is 12.8 Å². The first-order chi connectivity index (χ1) is 11.5. The molecule has 0 atom stereocenters. The molecule has 0 spiro atoms. The van der Waals surface area contributed by atoms with E-state index in [0.29, 0.717) is 11.1 Å². The number of nitriles is 1. The summed E-state index contributed by atoms with van der Waals surface area (Å²) in [5.41, 5.74) is 1.27. The molecule has 0 saturated carbocycles. The van der Waals surface area contributed by atoms with E-state index in [2.05, 4.69) is 6.58 Å². The van der Waals surface area contributed by atoms with E-state index in [0.717, 1.165) is 0 Å². The molecule has 0 N–H and O–H groups in total. The van der Waals surface area contributed by atoms with Crippen molar-refractivity contribution in [3.8, 4) is 6.07 Å². The minimum Gasteiger partial charge on any atom is -0.212 e. The standard InChI is InChI=1S/C18H17FN2O2S/c1-2-10-21(13-16-7-5-6-15(11-16)12-20)24(22,23)14-17-8-3-4-9-18(17)19/h2-9,11H,1,10,13-14H2. The highest BCUT2D eigenvalue weighted by Gasteiger charge is 2.23. The largest absolute Gasteiger partial charge is 0.218 e. The maximum atomic E-state index is 13.8. The van der Waals surface area contributed by atoms with Crippen molar-refractivity contribution in [3.05, 3.63) is 83.7 Å². The quantitative estimate of drug-likeness (QED) is 0.725. The van der Waals surface area contributed by atoms with Gasteiger partial charge in [-0.2, -0.15) is 9.57 Å². The second kappa shape index (κ2) is 7.86. The zero-order chi connectivity index (χ0) is 17.6. The average Bonchev–Trinajstić information content (AvgIpc) is 2.56. The van der Waals surface area contributed by atoms with Gasteiger partial charge in [0, 0.05) is 18.7 Å². The van der Waals surface area contributed by atoms with Crippen LogP contribution in [0.1, 0.15) is 16.7 Å². The van der Waals surface area contributed by atoms with Gasteiger partial charge >= 0.3 is 0 Å². The molecule has 0 amide bonds. The Bertz CT molecular complexity index is 873. The van der Waals surface area contributed by atoms with Gasteiger partial charge in [0.1, 0.15) is 5.82 Å². The lowest BCUT2D eigenvalue weighted by Gasteiger charge is -2.21. The molecule has 0 saturated heterocycles. The number of hydrogen-bond acceptors (Lipinski definition) is 3. The Morgan fingerprint density at radius 1 is 1.21 bits per heavy atom. The van der Waals surface area contributed by atoms with Crippen LogP contribution in [0.25, 0.3) is 0 Å². The van der Waals surface area contributed by atoms with Gasteiger partial charge in [0.25, 0.3) is 0 Å². The fourth-order valence-corrected chi connectivity index (χ4v) is 3.75. The molecule has 124 valence electrons. The van der Waals surface area contributed by atoms with E-state index in [1.807, 2.05) is 6.07 Å². The van der Waals surface area contributed by atoms with E-state index >= 15 is 0 Å². The molecule has 2 rings (SSSR count). The summed E-state index contributed by atoms with van der Waals surface area (Å²) < 4.78 is 40.3. The second-order valence-corrected chi connectivity index (χ2v) is 7.21. The number of rotatable bonds is 7. The predicted octanol–water partition coefficient (Wildman–Crippen LogP) is 3.22. The first-order valence-electron chi connectivity index (χ1n) is 7.27. The summed E-state index contributed by atoms with van der Waals surface area (Å²) in [5.74, 6) is -0.975. The Morgan fingerprint density at radius 2 is 1.96 bits per heavy atom. The topological polar surface area (TPSA) is 61.2 Å². The van der Waals surface area contributed by atoms with Gasteiger partial charge < -0.3 is 0 Å². The molecular weight excluding hydrogens is 327 g/mol. The smallest absolute Gasteiger partial charge is 0.212 e. The van der Waals surface area contributed by atoms with Gasteiger partial charge in [0.2, 0.25) is 10.0 Å². The minimum atomic E-state index is -3.74. The first-order valence-corrected chi connectivity index (χ1v) is 8.88. The maximum absolute atomic E-state index is 13.8. The number of halogens is 1. The van der Waals surface area contributed by atoms with Gasteiger partial charge in [0.15, 0.2) is 0 Å². The SMILES string of the molecule is C=CCN(Cc1cccc(C#N)c1)S(=O)(=O)Cc1ccccc1F. The van der Waals surface area contributed by atoms with Crippen LogP contribution in [0, 0.1) is 17.1 Å².